The molecule has 0 saturated heterocycles. The molecule has 0 nitrogen and oxygen atoms in total. The monoisotopic (exact) mass is 370 g/mol. The molecule has 0 aromatic rings. The van der Waals surface area contributed by atoms with Gasteiger partial charge in [-0.25, -0.2) is 0 Å². The van der Waals surface area contributed by atoms with Crippen molar-refractivity contribution in [3.63, 3.8) is 0 Å². The van der Waals surface area contributed by atoms with E-state index >= 15 is 0 Å². The molecule has 0 spiro atoms. The van der Waals surface area contributed by atoms with E-state index in [0.717, 1.165) is 35.5 Å². The summed E-state index contributed by atoms with van der Waals surface area (Å²) < 4.78 is 0. The average molecular weight is 371 g/mol. The van der Waals surface area contributed by atoms with Crippen molar-refractivity contribution in [3.8, 4) is 0 Å². The quantitative estimate of drug-likeness (QED) is 0.393. The molecule has 154 valence electrons. The van der Waals surface area contributed by atoms with Gasteiger partial charge in [-0.1, -0.05) is 63.3 Å². The van der Waals surface area contributed by atoms with E-state index in [-0.39, 0.29) is 0 Å². The molecule has 0 heteroatoms. The first kappa shape index (κ1) is 21.2. The zero-order valence-electron chi connectivity index (χ0n) is 18.4. The van der Waals surface area contributed by atoms with Gasteiger partial charge in [0.25, 0.3) is 0 Å². The molecule has 3 aliphatic rings. The van der Waals surface area contributed by atoms with Crippen LogP contribution < -0.4 is 0 Å². The van der Waals surface area contributed by atoms with Crippen LogP contribution in [0.2, 0.25) is 0 Å². The van der Waals surface area contributed by atoms with Crippen molar-refractivity contribution in [2.24, 2.45) is 35.5 Å². The topological polar surface area (TPSA) is 0 Å². The van der Waals surface area contributed by atoms with Crippen LogP contribution in [-0.2, 0) is 0 Å². The average Bonchev–Trinajstić information content (AvgIpc) is 2.73. The largest absolute Gasteiger partial charge is 0.0914 e. The Kier molecular flexibility index (Phi) is 9.01. The summed E-state index contributed by atoms with van der Waals surface area (Å²) >= 11 is 0. The van der Waals surface area contributed by atoms with E-state index < -0.39 is 0 Å². The van der Waals surface area contributed by atoms with Gasteiger partial charge in [0.2, 0.25) is 0 Å². The third-order valence-corrected chi connectivity index (χ3v) is 8.46. The SMILES string of the molecule is CC=CC1CCC(C=CCCC2CCC(C3CCC(CC)CC3)CC2)CC1. The fourth-order valence-electron chi connectivity index (χ4n) is 6.44. The summed E-state index contributed by atoms with van der Waals surface area (Å²) in [6.45, 7) is 4.55. The Balaban J connectivity index is 1.27. The van der Waals surface area contributed by atoms with Crippen LogP contribution in [0.5, 0.6) is 0 Å². The van der Waals surface area contributed by atoms with E-state index in [1.807, 2.05) is 0 Å². The minimum Gasteiger partial charge on any atom is -0.0914 e. The van der Waals surface area contributed by atoms with E-state index in [4.69, 9.17) is 0 Å². The summed E-state index contributed by atoms with van der Waals surface area (Å²) in [6.07, 6.45) is 31.9. The summed E-state index contributed by atoms with van der Waals surface area (Å²) in [6, 6.07) is 0. The summed E-state index contributed by atoms with van der Waals surface area (Å²) in [7, 11) is 0. The van der Waals surface area contributed by atoms with Gasteiger partial charge in [0.1, 0.15) is 0 Å². The lowest BCUT2D eigenvalue weighted by Crippen LogP contribution is -2.25. The first-order valence-corrected chi connectivity index (χ1v) is 12.6. The van der Waals surface area contributed by atoms with Crippen LogP contribution >= 0.6 is 0 Å². The van der Waals surface area contributed by atoms with Crippen LogP contribution in [0.4, 0.5) is 0 Å². The third-order valence-electron chi connectivity index (χ3n) is 8.46. The van der Waals surface area contributed by atoms with Gasteiger partial charge in [0.05, 0.1) is 0 Å². The van der Waals surface area contributed by atoms with E-state index in [1.54, 1.807) is 25.7 Å². The molecule has 3 saturated carbocycles. The van der Waals surface area contributed by atoms with Gasteiger partial charge < -0.3 is 0 Å². The molecule has 0 aromatic heterocycles. The molecule has 0 unspecified atom stereocenters. The molecule has 27 heavy (non-hydrogen) atoms. The summed E-state index contributed by atoms with van der Waals surface area (Å²) in [4.78, 5) is 0. The maximum absolute atomic E-state index is 2.57. The maximum atomic E-state index is 2.57. The fourth-order valence-corrected chi connectivity index (χ4v) is 6.44. The van der Waals surface area contributed by atoms with Crippen LogP contribution in [-0.4, -0.2) is 0 Å². The summed E-state index contributed by atoms with van der Waals surface area (Å²) in [5.41, 5.74) is 0. The molecule has 0 amide bonds. The van der Waals surface area contributed by atoms with Crippen molar-refractivity contribution >= 4 is 0 Å². The zero-order valence-corrected chi connectivity index (χ0v) is 18.4. The van der Waals surface area contributed by atoms with Crippen molar-refractivity contribution < 1.29 is 0 Å². The molecule has 0 bridgehead atoms. The van der Waals surface area contributed by atoms with Crippen molar-refractivity contribution in [1.82, 2.24) is 0 Å². The second kappa shape index (κ2) is 11.5. The van der Waals surface area contributed by atoms with Crippen LogP contribution in [0.1, 0.15) is 110 Å². The second-order valence-electron chi connectivity index (χ2n) is 10.2. The Labute approximate surface area is 170 Å². The Hall–Kier alpha value is -0.520. The lowest BCUT2D eigenvalue weighted by molar-refractivity contribution is 0.143. The second-order valence-corrected chi connectivity index (χ2v) is 10.2. The lowest BCUT2D eigenvalue weighted by atomic mass is 9.68. The summed E-state index contributed by atoms with van der Waals surface area (Å²) in [5, 5.41) is 0. The van der Waals surface area contributed by atoms with Gasteiger partial charge in [-0.2, -0.15) is 0 Å². The predicted octanol–water partition coefficient (Wildman–Crippen LogP) is 8.73. The molecule has 0 aliphatic heterocycles. The summed E-state index contributed by atoms with van der Waals surface area (Å²) in [5.74, 6) is 6.01. The molecule has 3 rings (SSSR count). The highest BCUT2D eigenvalue weighted by Gasteiger charge is 2.30. The van der Waals surface area contributed by atoms with Crippen molar-refractivity contribution in [2.45, 2.75) is 110 Å². The molecule has 0 radical (unpaired) electrons. The Morgan fingerprint density at radius 3 is 1.67 bits per heavy atom. The van der Waals surface area contributed by atoms with Crippen LogP contribution in [0.15, 0.2) is 24.3 Å². The van der Waals surface area contributed by atoms with Crippen molar-refractivity contribution in [2.75, 3.05) is 0 Å². The Morgan fingerprint density at radius 2 is 1.15 bits per heavy atom. The van der Waals surface area contributed by atoms with Crippen molar-refractivity contribution in [1.29, 1.82) is 0 Å². The maximum Gasteiger partial charge on any atom is -0.0233 e. The normalized spacial score (nSPS) is 38.6. The van der Waals surface area contributed by atoms with E-state index in [1.165, 1.54) is 70.6 Å². The molecule has 0 N–H and O–H groups in total. The van der Waals surface area contributed by atoms with Crippen molar-refractivity contribution in [3.05, 3.63) is 24.3 Å². The molecule has 0 heterocycles. The highest BCUT2D eigenvalue weighted by molar-refractivity contribution is 4.95. The minimum atomic E-state index is 0.867. The van der Waals surface area contributed by atoms with E-state index in [9.17, 15) is 0 Å². The zero-order chi connectivity index (χ0) is 18.9. The lowest BCUT2D eigenvalue weighted by Gasteiger charge is -2.37. The molecule has 0 aromatic carbocycles. The van der Waals surface area contributed by atoms with Crippen LogP contribution in [0.3, 0.4) is 0 Å². The molecular formula is C27H46. The van der Waals surface area contributed by atoms with Gasteiger partial charge in [-0.15, -0.1) is 0 Å². The molecular weight excluding hydrogens is 324 g/mol. The standard InChI is InChI=1S/C27H46/c1-3-7-23-10-12-24(13-11-23)8-5-6-9-25-16-20-27(21-17-25)26-18-14-22(4-2)15-19-26/h3,5,7-8,22-27H,4,6,9-21H2,1-2H3. The minimum absolute atomic E-state index is 0.867. The first-order chi connectivity index (χ1) is 13.3. The van der Waals surface area contributed by atoms with Crippen LogP contribution in [0, 0.1) is 35.5 Å². The third kappa shape index (κ3) is 6.79. The van der Waals surface area contributed by atoms with Crippen LogP contribution in [0.25, 0.3) is 0 Å². The Morgan fingerprint density at radius 1 is 0.630 bits per heavy atom. The highest BCUT2D eigenvalue weighted by atomic mass is 14.4. The number of rotatable bonds is 7. The van der Waals surface area contributed by atoms with Gasteiger partial charge in [-0.05, 0) is 107 Å². The Bertz CT molecular complexity index is 435. The number of hydrogen-bond donors (Lipinski definition) is 0. The fraction of sp³-hybridized carbons (Fsp3) is 0.852. The van der Waals surface area contributed by atoms with Gasteiger partial charge in [0.15, 0.2) is 0 Å². The number of allylic oxidation sites excluding steroid dienone is 4. The molecule has 0 atom stereocenters. The number of hydrogen-bond acceptors (Lipinski definition) is 0. The van der Waals surface area contributed by atoms with Gasteiger partial charge in [0, 0.05) is 0 Å². The van der Waals surface area contributed by atoms with Gasteiger partial charge >= 0.3 is 0 Å². The van der Waals surface area contributed by atoms with Gasteiger partial charge in [-0.3, -0.25) is 0 Å². The van der Waals surface area contributed by atoms with E-state index in [2.05, 4.69) is 38.2 Å². The highest BCUT2D eigenvalue weighted by Crippen LogP contribution is 2.42. The van der Waals surface area contributed by atoms with E-state index in [0.29, 0.717) is 0 Å². The molecule has 3 aliphatic carbocycles. The smallest absolute Gasteiger partial charge is 0.0233 e. The first-order valence-electron chi connectivity index (χ1n) is 12.6. The molecule has 3 fully saturated rings. The predicted molar refractivity (Wildman–Crippen MR) is 120 cm³/mol.